The molecule has 3 nitrogen and oxygen atoms in total. The Morgan fingerprint density at radius 1 is 1.62 bits per heavy atom. The highest BCUT2D eigenvalue weighted by molar-refractivity contribution is 4.98. The number of hydrogen-bond donors (Lipinski definition) is 2. The first-order chi connectivity index (χ1) is 6.06. The first kappa shape index (κ1) is 12.6. The second-order valence-corrected chi connectivity index (χ2v) is 3.66. The van der Waals surface area contributed by atoms with E-state index in [1.54, 1.807) is 0 Å². The number of aliphatic hydroxyl groups is 1. The summed E-state index contributed by atoms with van der Waals surface area (Å²) in [5.41, 5.74) is 1.18. The topological polar surface area (TPSA) is 35.5 Å². The molecular weight excluding hydrogens is 164 g/mol. The summed E-state index contributed by atoms with van der Waals surface area (Å²) >= 11 is 0. The van der Waals surface area contributed by atoms with Gasteiger partial charge in [0, 0.05) is 19.6 Å². The molecule has 1 unspecified atom stereocenters. The van der Waals surface area contributed by atoms with Gasteiger partial charge in [-0.1, -0.05) is 6.58 Å². The van der Waals surface area contributed by atoms with E-state index in [4.69, 9.17) is 5.11 Å². The molecule has 0 saturated carbocycles. The summed E-state index contributed by atoms with van der Waals surface area (Å²) in [4.78, 5) is 2.17. The van der Waals surface area contributed by atoms with E-state index in [-0.39, 0.29) is 6.10 Å². The van der Waals surface area contributed by atoms with Crippen LogP contribution in [0.5, 0.6) is 0 Å². The van der Waals surface area contributed by atoms with Crippen molar-refractivity contribution in [2.24, 2.45) is 0 Å². The lowest BCUT2D eigenvalue weighted by Gasteiger charge is -2.18. The number of nitrogens with zero attached hydrogens (tertiary/aromatic N) is 1. The van der Waals surface area contributed by atoms with Crippen molar-refractivity contribution in [3.05, 3.63) is 12.2 Å². The molecule has 0 amide bonds. The van der Waals surface area contributed by atoms with Crippen LogP contribution in [-0.2, 0) is 0 Å². The molecule has 0 radical (unpaired) electrons. The molecule has 0 aromatic carbocycles. The van der Waals surface area contributed by atoms with Gasteiger partial charge in [-0.25, -0.2) is 0 Å². The van der Waals surface area contributed by atoms with Crippen LogP contribution in [0.1, 0.15) is 13.3 Å². The lowest BCUT2D eigenvalue weighted by atomic mass is 10.2. The van der Waals surface area contributed by atoms with Crippen LogP contribution in [0.25, 0.3) is 0 Å². The van der Waals surface area contributed by atoms with Gasteiger partial charge in [0.15, 0.2) is 0 Å². The van der Waals surface area contributed by atoms with Gasteiger partial charge in [-0.05, 0) is 33.0 Å². The Kier molecular flexibility index (Phi) is 6.86. The molecule has 0 rings (SSSR count). The molecule has 0 aromatic rings. The number of nitrogens with one attached hydrogen (secondary N) is 1. The molecule has 0 aliphatic carbocycles. The van der Waals surface area contributed by atoms with Crippen molar-refractivity contribution in [1.82, 2.24) is 10.2 Å². The third-order valence-corrected chi connectivity index (χ3v) is 1.85. The van der Waals surface area contributed by atoms with Gasteiger partial charge in [-0.3, -0.25) is 0 Å². The van der Waals surface area contributed by atoms with E-state index in [0.717, 1.165) is 26.1 Å². The Balaban J connectivity index is 3.49. The van der Waals surface area contributed by atoms with E-state index in [2.05, 4.69) is 16.8 Å². The van der Waals surface area contributed by atoms with Crippen molar-refractivity contribution in [3.8, 4) is 0 Å². The SMILES string of the molecule is C=C(CNC)CN(C)CCC(C)O. The Morgan fingerprint density at radius 3 is 2.69 bits per heavy atom. The molecule has 2 N–H and O–H groups in total. The van der Waals surface area contributed by atoms with Gasteiger partial charge in [0.1, 0.15) is 0 Å². The summed E-state index contributed by atoms with van der Waals surface area (Å²) in [7, 11) is 3.96. The third kappa shape index (κ3) is 7.96. The molecular formula is C10H22N2O. The van der Waals surface area contributed by atoms with Gasteiger partial charge in [0.25, 0.3) is 0 Å². The maximum atomic E-state index is 9.08. The van der Waals surface area contributed by atoms with Crippen LogP contribution in [0.3, 0.4) is 0 Å². The highest BCUT2D eigenvalue weighted by Gasteiger charge is 2.02. The number of likely N-dealkylation sites (N-methyl/N-ethyl adjacent to an activating group) is 2. The fourth-order valence-corrected chi connectivity index (χ4v) is 1.17. The molecule has 13 heavy (non-hydrogen) atoms. The average molecular weight is 186 g/mol. The van der Waals surface area contributed by atoms with E-state index in [1.807, 2.05) is 21.0 Å². The molecule has 0 spiro atoms. The van der Waals surface area contributed by atoms with Gasteiger partial charge >= 0.3 is 0 Å². The minimum atomic E-state index is -0.208. The Bertz CT molecular complexity index is 146. The lowest BCUT2D eigenvalue weighted by molar-refractivity contribution is 0.167. The van der Waals surface area contributed by atoms with Crippen molar-refractivity contribution in [2.75, 3.05) is 33.7 Å². The van der Waals surface area contributed by atoms with Crippen LogP contribution in [0.15, 0.2) is 12.2 Å². The predicted molar refractivity (Wildman–Crippen MR) is 56.9 cm³/mol. The van der Waals surface area contributed by atoms with Crippen LogP contribution in [0, 0.1) is 0 Å². The minimum absolute atomic E-state index is 0.208. The molecule has 0 fully saturated rings. The van der Waals surface area contributed by atoms with E-state index in [0.29, 0.717) is 0 Å². The van der Waals surface area contributed by atoms with Crippen molar-refractivity contribution in [3.63, 3.8) is 0 Å². The van der Waals surface area contributed by atoms with Crippen molar-refractivity contribution < 1.29 is 5.11 Å². The second-order valence-electron chi connectivity index (χ2n) is 3.66. The molecule has 1 atom stereocenters. The first-order valence-corrected chi connectivity index (χ1v) is 4.74. The zero-order chi connectivity index (χ0) is 10.3. The minimum Gasteiger partial charge on any atom is -0.393 e. The van der Waals surface area contributed by atoms with Gasteiger partial charge in [0.2, 0.25) is 0 Å². The van der Waals surface area contributed by atoms with Crippen LogP contribution < -0.4 is 5.32 Å². The molecule has 0 aliphatic heterocycles. The van der Waals surface area contributed by atoms with E-state index in [9.17, 15) is 0 Å². The molecule has 0 aliphatic rings. The first-order valence-electron chi connectivity index (χ1n) is 4.74. The molecule has 78 valence electrons. The molecule has 0 heterocycles. The Hall–Kier alpha value is -0.380. The normalized spacial score (nSPS) is 13.3. The molecule has 0 saturated heterocycles. The summed E-state index contributed by atoms with van der Waals surface area (Å²) in [6, 6.07) is 0. The standard InChI is InChI=1S/C10H22N2O/c1-9(7-11-3)8-12(4)6-5-10(2)13/h10-11,13H,1,5-8H2,2-4H3. The molecule has 0 aromatic heterocycles. The van der Waals surface area contributed by atoms with E-state index < -0.39 is 0 Å². The van der Waals surface area contributed by atoms with Crippen LogP contribution >= 0.6 is 0 Å². The Labute approximate surface area is 81.4 Å². The summed E-state index contributed by atoms with van der Waals surface area (Å²) in [5, 5.41) is 12.1. The van der Waals surface area contributed by atoms with Crippen molar-refractivity contribution >= 4 is 0 Å². The van der Waals surface area contributed by atoms with E-state index >= 15 is 0 Å². The zero-order valence-corrected chi connectivity index (χ0v) is 9.01. The molecule has 0 bridgehead atoms. The maximum Gasteiger partial charge on any atom is 0.0524 e. The van der Waals surface area contributed by atoms with Crippen molar-refractivity contribution in [1.29, 1.82) is 0 Å². The summed E-state index contributed by atoms with van der Waals surface area (Å²) in [6.45, 7) is 8.43. The number of hydrogen-bond acceptors (Lipinski definition) is 3. The van der Waals surface area contributed by atoms with Crippen LogP contribution in [-0.4, -0.2) is 49.8 Å². The van der Waals surface area contributed by atoms with Crippen LogP contribution in [0.2, 0.25) is 0 Å². The fourth-order valence-electron chi connectivity index (χ4n) is 1.17. The van der Waals surface area contributed by atoms with Gasteiger partial charge in [-0.15, -0.1) is 0 Å². The maximum absolute atomic E-state index is 9.08. The van der Waals surface area contributed by atoms with Crippen molar-refractivity contribution in [2.45, 2.75) is 19.4 Å². The smallest absolute Gasteiger partial charge is 0.0524 e. The predicted octanol–water partition coefficient (Wildman–Crippen LogP) is 0.465. The fraction of sp³-hybridized carbons (Fsp3) is 0.800. The van der Waals surface area contributed by atoms with Gasteiger partial charge < -0.3 is 15.3 Å². The monoisotopic (exact) mass is 186 g/mol. The molecule has 3 heteroatoms. The van der Waals surface area contributed by atoms with Gasteiger partial charge in [0.05, 0.1) is 6.10 Å². The summed E-state index contributed by atoms with van der Waals surface area (Å²) in [6.07, 6.45) is 0.614. The number of aliphatic hydroxyl groups excluding tert-OH is 1. The number of rotatable bonds is 7. The Morgan fingerprint density at radius 2 is 2.23 bits per heavy atom. The highest BCUT2D eigenvalue weighted by Crippen LogP contribution is 1.96. The quantitative estimate of drug-likeness (QED) is 0.567. The lowest BCUT2D eigenvalue weighted by Crippen LogP contribution is -2.27. The second kappa shape index (κ2) is 7.06. The summed E-state index contributed by atoms with van der Waals surface area (Å²) < 4.78 is 0. The van der Waals surface area contributed by atoms with E-state index in [1.165, 1.54) is 5.57 Å². The average Bonchev–Trinajstić information content (AvgIpc) is 2.01. The highest BCUT2D eigenvalue weighted by atomic mass is 16.3. The third-order valence-electron chi connectivity index (χ3n) is 1.85. The zero-order valence-electron chi connectivity index (χ0n) is 9.01. The van der Waals surface area contributed by atoms with Crippen LogP contribution in [0.4, 0.5) is 0 Å². The summed E-state index contributed by atoms with van der Waals surface area (Å²) in [5.74, 6) is 0. The largest absolute Gasteiger partial charge is 0.393 e. The van der Waals surface area contributed by atoms with Gasteiger partial charge in [-0.2, -0.15) is 0 Å².